The number of nitriles is 1. The molecule has 0 aliphatic carbocycles. The number of carbonyl (C=O) groups is 1. The van der Waals surface area contributed by atoms with Gasteiger partial charge in [-0.05, 0) is 30.3 Å². The van der Waals surface area contributed by atoms with Crippen molar-refractivity contribution in [3.8, 4) is 6.07 Å². The van der Waals surface area contributed by atoms with Crippen molar-refractivity contribution < 1.29 is 4.79 Å². The number of carbonyl (C=O) groups excluding carboxylic acids is 1. The second-order valence-corrected chi connectivity index (χ2v) is 6.21. The third-order valence-electron chi connectivity index (χ3n) is 4.38. The van der Waals surface area contributed by atoms with Crippen LogP contribution in [0.4, 0.5) is 11.5 Å². The second-order valence-electron chi connectivity index (χ2n) is 6.21. The van der Waals surface area contributed by atoms with Gasteiger partial charge in [0.15, 0.2) is 0 Å². The number of benzene rings is 1. The van der Waals surface area contributed by atoms with Crippen molar-refractivity contribution in [3.63, 3.8) is 0 Å². The van der Waals surface area contributed by atoms with Gasteiger partial charge < -0.3 is 14.7 Å². The lowest BCUT2D eigenvalue weighted by Crippen LogP contribution is -2.49. The fraction of sp³-hybridized carbons (Fsp3) is 0.316. The Bertz CT molecular complexity index is 803. The Kier molecular flexibility index (Phi) is 4.85. The van der Waals surface area contributed by atoms with Crippen LogP contribution in [-0.2, 0) is 0 Å². The summed E-state index contributed by atoms with van der Waals surface area (Å²) in [6.07, 6.45) is 1.69. The van der Waals surface area contributed by atoms with Crippen LogP contribution in [0.2, 0.25) is 0 Å². The van der Waals surface area contributed by atoms with Gasteiger partial charge in [0.05, 0.1) is 5.56 Å². The number of anilines is 2. The molecular formula is C19H21N5O. The molecule has 1 aromatic carbocycles. The van der Waals surface area contributed by atoms with Crippen LogP contribution in [0.3, 0.4) is 0 Å². The van der Waals surface area contributed by atoms with Crippen molar-refractivity contribution in [2.75, 3.05) is 50.1 Å². The highest BCUT2D eigenvalue weighted by atomic mass is 16.2. The zero-order valence-electron chi connectivity index (χ0n) is 14.5. The lowest BCUT2D eigenvalue weighted by Gasteiger charge is -2.35. The van der Waals surface area contributed by atoms with Gasteiger partial charge in [-0.1, -0.05) is 6.07 Å². The molecule has 0 saturated carbocycles. The van der Waals surface area contributed by atoms with Crippen LogP contribution in [0, 0.1) is 11.3 Å². The smallest absolute Gasteiger partial charge is 0.254 e. The molecule has 25 heavy (non-hydrogen) atoms. The molecule has 2 heterocycles. The summed E-state index contributed by atoms with van der Waals surface area (Å²) < 4.78 is 0. The van der Waals surface area contributed by atoms with Gasteiger partial charge in [0.25, 0.3) is 5.91 Å². The molecule has 0 N–H and O–H groups in total. The van der Waals surface area contributed by atoms with Crippen molar-refractivity contribution in [1.82, 2.24) is 9.88 Å². The maximum Gasteiger partial charge on any atom is 0.254 e. The molecule has 1 saturated heterocycles. The van der Waals surface area contributed by atoms with Crippen molar-refractivity contribution in [2.45, 2.75) is 0 Å². The quantitative estimate of drug-likeness (QED) is 0.858. The highest BCUT2D eigenvalue weighted by molar-refractivity contribution is 5.95. The molecule has 0 unspecified atom stereocenters. The van der Waals surface area contributed by atoms with Gasteiger partial charge in [-0.3, -0.25) is 4.79 Å². The fourth-order valence-electron chi connectivity index (χ4n) is 2.96. The predicted molar refractivity (Wildman–Crippen MR) is 97.8 cm³/mol. The predicted octanol–water partition coefficient (Wildman–Crippen LogP) is 1.98. The summed E-state index contributed by atoms with van der Waals surface area (Å²) in [5.74, 6) is 0.747. The largest absolute Gasteiger partial charge is 0.378 e. The molecule has 6 heteroatoms. The minimum Gasteiger partial charge on any atom is -0.378 e. The van der Waals surface area contributed by atoms with Gasteiger partial charge >= 0.3 is 0 Å². The summed E-state index contributed by atoms with van der Waals surface area (Å²) in [6, 6.07) is 13.4. The number of aromatic nitrogens is 1. The first kappa shape index (κ1) is 16.8. The normalized spacial score (nSPS) is 14.1. The number of nitrogens with zero attached hydrogens (tertiary/aromatic N) is 5. The third kappa shape index (κ3) is 3.56. The summed E-state index contributed by atoms with van der Waals surface area (Å²) in [5.41, 5.74) is 2.28. The number of pyridine rings is 1. The van der Waals surface area contributed by atoms with Crippen LogP contribution in [0.1, 0.15) is 15.9 Å². The van der Waals surface area contributed by atoms with Gasteiger partial charge in [0.2, 0.25) is 0 Å². The average Bonchev–Trinajstić information content (AvgIpc) is 2.67. The SMILES string of the molecule is CN(C)c1cccc(C(=O)N2CCN(c3ncccc3C#N)CC2)c1. The molecule has 2 aromatic rings. The first-order valence-electron chi connectivity index (χ1n) is 8.27. The maximum absolute atomic E-state index is 12.8. The van der Waals surface area contributed by atoms with Crippen LogP contribution in [0.25, 0.3) is 0 Å². The Hall–Kier alpha value is -3.07. The molecule has 1 aliphatic rings. The van der Waals surface area contributed by atoms with E-state index in [2.05, 4.69) is 16.0 Å². The number of piperazine rings is 1. The summed E-state index contributed by atoms with van der Waals surface area (Å²) in [7, 11) is 3.92. The number of hydrogen-bond donors (Lipinski definition) is 0. The Labute approximate surface area is 147 Å². The van der Waals surface area contributed by atoms with E-state index in [1.807, 2.05) is 48.2 Å². The van der Waals surface area contributed by atoms with Crippen molar-refractivity contribution in [3.05, 3.63) is 53.7 Å². The van der Waals surface area contributed by atoms with E-state index in [9.17, 15) is 10.1 Å². The Morgan fingerprint density at radius 3 is 2.60 bits per heavy atom. The zero-order valence-corrected chi connectivity index (χ0v) is 14.5. The Morgan fingerprint density at radius 1 is 1.16 bits per heavy atom. The lowest BCUT2D eigenvalue weighted by atomic mass is 10.1. The van der Waals surface area contributed by atoms with E-state index in [0.29, 0.717) is 43.1 Å². The molecule has 1 aliphatic heterocycles. The minimum atomic E-state index is 0.0462. The summed E-state index contributed by atoms with van der Waals surface area (Å²) in [5, 5.41) is 9.22. The van der Waals surface area contributed by atoms with Crippen LogP contribution in [0.5, 0.6) is 0 Å². The molecule has 1 fully saturated rings. The Morgan fingerprint density at radius 2 is 1.92 bits per heavy atom. The van der Waals surface area contributed by atoms with Crippen LogP contribution in [0.15, 0.2) is 42.6 Å². The summed E-state index contributed by atoms with van der Waals surface area (Å²) in [6.45, 7) is 2.58. The standard InChI is InChI=1S/C19H21N5O/c1-22(2)17-7-3-5-15(13-17)19(25)24-11-9-23(10-12-24)18-16(14-20)6-4-8-21-18/h3-8,13H,9-12H2,1-2H3. The highest BCUT2D eigenvalue weighted by Crippen LogP contribution is 2.20. The van der Waals surface area contributed by atoms with Gasteiger partial charge in [-0.15, -0.1) is 0 Å². The molecule has 1 amide bonds. The first-order valence-corrected chi connectivity index (χ1v) is 8.27. The molecule has 0 atom stereocenters. The van der Waals surface area contributed by atoms with Crippen LogP contribution in [-0.4, -0.2) is 56.1 Å². The second kappa shape index (κ2) is 7.22. The molecule has 6 nitrogen and oxygen atoms in total. The van der Waals surface area contributed by atoms with Crippen LogP contribution < -0.4 is 9.80 Å². The third-order valence-corrected chi connectivity index (χ3v) is 4.38. The number of amides is 1. The van der Waals surface area contributed by atoms with Gasteiger partial charge in [0.1, 0.15) is 11.9 Å². The van der Waals surface area contributed by atoms with E-state index in [0.717, 1.165) is 5.69 Å². The van der Waals surface area contributed by atoms with Gasteiger partial charge in [-0.25, -0.2) is 4.98 Å². The minimum absolute atomic E-state index is 0.0462. The Balaban J connectivity index is 1.69. The van der Waals surface area contributed by atoms with E-state index in [1.165, 1.54) is 0 Å². The molecule has 1 aromatic heterocycles. The first-order chi connectivity index (χ1) is 12.1. The number of hydrogen-bond acceptors (Lipinski definition) is 5. The highest BCUT2D eigenvalue weighted by Gasteiger charge is 2.24. The molecule has 0 radical (unpaired) electrons. The monoisotopic (exact) mass is 335 g/mol. The van der Waals surface area contributed by atoms with Gasteiger partial charge in [0, 0.05) is 57.7 Å². The van der Waals surface area contributed by atoms with E-state index >= 15 is 0 Å². The van der Waals surface area contributed by atoms with E-state index < -0.39 is 0 Å². The fourth-order valence-corrected chi connectivity index (χ4v) is 2.96. The molecule has 3 rings (SSSR count). The summed E-state index contributed by atoms with van der Waals surface area (Å²) in [4.78, 5) is 23.0. The van der Waals surface area contributed by atoms with Crippen molar-refractivity contribution in [1.29, 1.82) is 5.26 Å². The van der Waals surface area contributed by atoms with Crippen molar-refractivity contribution in [2.24, 2.45) is 0 Å². The van der Waals surface area contributed by atoms with E-state index in [4.69, 9.17) is 0 Å². The average molecular weight is 335 g/mol. The van der Waals surface area contributed by atoms with Gasteiger partial charge in [-0.2, -0.15) is 5.26 Å². The van der Waals surface area contributed by atoms with Crippen LogP contribution >= 0.6 is 0 Å². The van der Waals surface area contributed by atoms with E-state index in [-0.39, 0.29) is 5.91 Å². The summed E-state index contributed by atoms with van der Waals surface area (Å²) >= 11 is 0. The molecular weight excluding hydrogens is 314 g/mol. The maximum atomic E-state index is 12.8. The lowest BCUT2D eigenvalue weighted by molar-refractivity contribution is 0.0746. The molecule has 0 bridgehead atoms. The number of rotatable bonds is 3. The molecule has 0 spiro atoms. The molecule has 128 valence electrons. The van der Waals surface area contributed by atoms with E-state index in [1.54, 1.807) is 18.3 Å². The topological polar surface area (TPSA) is 63.5 Å². The van der Waals surface area contributed by atoms with Crippen molar-refractivity contribution >= 4 is 17.4 Å². The zero-order chi connectivity index (χ0) is 17.8.